The van der Waals surface area contributed by atoms with E-state index in [0.29, 0.717) is 5.60 Å². The highest BCUT2D eigenvalue weighted by Gasteiger charge is 2.42. The molecule has 1 nitrogen and oxygen atoms in total. The van der Waals surface area contributed by atoms with Gasteiger partial charge in [0.05, 0.1) is 12.2 Å². The van der Waals surface area contributed by atoms with Gasteiger partial charge < -0.3 is 4.74 Å². The van der Waals surface area contributed by atoms with E-state index in [1.165, 1.54) is 218 Å². The highest BCUT2D eigenvalue weighted by Crippen LogP contribution is 2.38. The fourth-order valence-electron chi connectivity index (χ4n) is 6.51. The van der Waals surface area contributed by atoms with Crippen molar-refractivity contribution in [3.05, 3.63) is 0 Å². The average molecular weight is 549 g/mol. The van der Waals surface area contributed by atoms with Crippen LogP contribution in [0.25, 0.3) is 0 Å². The van der Waals surface area contributed by atoms with Gasteiger partial charge >= 0.3 is 0 Å². The monoisotopic (exact) mass is 549 g/mol. The van der Waals surface area contributed by atoms with Crippen molar-refractivity contribution in [1.29, 1.82) is 0 Å². The van der Waals surface area contributed by atoms with Crippen molar-refractivity contribution in [1.82, 2.24) is 0 Å². The van der Waals surface area contributed by atoms with E-state index in [4.69, 9.17) is 4.74 Å². The summed E-state index contributed by atoms with van der Waals surface area (Å²) in [6.07, 6.45) is 49.3. The minimum atomic E-state index is 0.325. The standard InChI is InChI=1S/C38H76O/c1-3-5-7-9-11-13-15-17-19-20-22-24-26-28-30-32-34-36-38(37-39-38)35-33-31-29-27-25-23-21-18-16-14-12-10-8-6-4-2/h3-37H2,1-2H3. The SMILES string of the molecule is CCCCCCCCCCCCCCCCCCCC1(CCCCCCCCCCCCCCCCC)CO1. The number of ether oxygens (including phenoxy) is 1. The van der Waals surface area contributed by atoms with Crippen molar-refractivity contribution in [3.63, 3.8) is 0 Å². The number of hydrogen-bond acceptors (Lipinski definition) is 1. The van der Waals surface area contributed by atoms with E-state index in [-0.39, 0.29) is 0 Å². The summed E-state index contributed by atoms with van der Waals surface area (Å²) >= 11 is 0. The number of epoxide rings is 1. The molecule has 1 heteroatoms. The van der Waals surface area contributed by atoms with Gasteiger partial charge in [-0.3, -0.25) is 0 Å². The van der Waals surface area contributed by atoms with Gasteiger partial charge in [-0.25, -0.2) is 0 Å². The molecule has 0 bridgehead atoms. The van der Waals surface area contributed by atoms with E-state index in [1.54, 1.807) is 0 Å². The summed E-state index contributed by atoms with van der Waals surface area (Å²) in [6, 6.07) is 0. The van der Waals surface area contributed by atoms with Crippen LogP contribution in [0.4, 0.5) is 0 Å². The molecule has 0 aromatic heterocycles. The minimum absolute atomic E-state index is 0.325. The summed E-state index contributed by atoms with van der Waals surface area (Å²) in [7, 11) is 0. The summed E-state index contributed by atoms with van der Waals surface area (Å²) < 4.78 is 5.94. The third-order valence-electron chi connectivity index (χ3n) is 9.52. The van der Waals surface area contributed by atoms with Gasteiger partial charge in [-0.15, -0.1) is 0 Å². The molecule has 1 aliphatic rings. The molecule has 1 aliphatic heterocycles. The third-order valence-corrected chi connectivity index (χ3v) is 9.52. The molecule has 0 radical (unpaired) electrons. The van der Waals surface area contributed by atoms with Gasteiger partial charge in [-0.2, -0.15) is 0 Å². The van der Waals surface area contributed by atoms with Crippen LogP contribution in [0, 0.1) is 0 Å². The number of hydrogen-bond donors (Lipinski definition) is 0. The zero-order valence-electron chi connectivity index (χ0n) is 27.7. The van der Waals surface area contributed by atoms with Crippen LogP contribution in [0.1, 0.15) is 232 Å². The third kappa shape index (κ3) is 26.6. The van der Waals surface area contributed by atoms with Gasteiger partial charge in [0.15, 0.2) is 0 Å². The maximum Gasteiger partial charge on any atom is 0.0916 e. The lowest BCUT2D eigenvalue weighted by molar-refractivity contribution is 0.260. The average Bonchev–Trinajstić information content (AvgIpc) is 3.72. The quantitative estimate of drug-likeness (QED) is 0.0575. The smallest absolute Gasteiger partial charge is 0.0916 e. The van der Waals surface area contributed by atoms with Crippen LogP contribution in [0.3, 0.4) is 0 Å². The molecule has 1 heterocycles. The molecule has 1 atom stereocenters. The molecular weight excluding hydrogens is 472 g/mol. The highest BCUT2D eigenvalue weighted by molar-refractivity contribution is 4.91. The molecule has 0 amide bonds. The zero-order chi connectivity index (χ0) is 28.0. The molecule has 234 valence electrons. The van der Waals surface area contributed by atoms with Crippen LogP contribution in [-0.2, 0) is 4.74 Å². The Balaban J connectivity index is 1.73. The molecule has 0 N–H and O–H groups in total. The lowest BCUT2D eigenvalue weighted by Crippen LogP contribution is -2.10. The fourth-order valence-corrected chi connectivity index (χ4v) is 6.51. The summed E-state index contributed by atoms with van der Waals surface area (Å²) in [4.78, 5) is 0. The molecule has 1 saturated heterocycles. The first-order chi connectivity index (χ1) is 19.3. The van der Waals surface area contributed by atoms with Crippen molar-refractivity contribution in [2.75, 3.05) is 6.61 Å². The van der Waals surface area contributed by atoms with Gasteiger partial charge in [0.2, 0.25) is 0 Å². The van der Waals surface area contributed by atoms with Crippen LogP contribution in [0.2, 0.25) is 0 Å². The Morgan fingerprint density at radius 1 is 0.308 bits per heavy atom. The molecule has 0 saturated carbocycles. The Hall–Kier alpha value is -0.0400. The second-order valence-electron chi connectivity index (χ2n) is 13.6. The van der Waals surface area contributed by atoms with Gasteiger partial charge in [-0.1, -0.05) is 219 Å². The van der Waals surface area contributed by atoms with Gasteiger partial charge in [0, 0.05) is 0 Å². The van der Waals surface area contributed by atoms with E-state index in [9.17, 15) is 0 Å². The Labute approximate surface area is 248 Å². The van der Waals surface area contributed by atoms with Crippen LogP contribution in [-0.4, -0.2) is 12.2 Å². The van der Waals surface area contributed by atoms with E-state index in [1.807, 2.05) is 0 Å². The Morgan fingerprint density at radius 2 is 0.487 bits per heavy atom. The summed E-state index contributed by atoms with van der Waals surface area (Å²) in [6.45, 7) is 5.67. The van der Waals surface area contributed by atoms with E-state index in [2.05, 4.69) is 13.8 Å². The number of unbranched alkanes of at least 4 members (excludes halogenated alkanes) is 30. The van der Waals surface area contributed by atoms with Crippen molar-refractivity contribution in [3.8, 4) is 0 Å². The molecule has 0 spiro atoms. The van der Waals surface area contributed by atoms with E-state index < -0.39 is 0 Å². The Morgan fingerprint density at radius 3 is 0.667 bits per heavy atom. The lowest BCUT2D eigenvalue weighted by atomic mass is 9.94. The maximum atomic E-state index is 5.94. The minimum Gasteiger partial charge on any atom is -0.370 e. The molecule has 0 aromatic carbocycles. The van der Waals surface area contributed by atoms with Crippen molar-refractivity contribution in [2.24, 2.45) is 0 Å². The van der Waals surface area contributed by atoms with Gasteiger partial charge in [-0.05, 0) is 12.8 Å². The van der Waals surface area contributed by atoms with Crippen LogP contribution >= 0.6 is 0 Å². The first kappa shape index (κ1) is 37.0. The first-order valence-electron chi connectivity index (χ1n) is 19.0. The molecule has 1 fully saturated rings. The maximum absolute atomic E-state index is 5.94. The van der Waals surface area contributed by atoms with Crippen LogP contribution in [0.15, 0.2) is 0 Å². The molecular formula is C38H76O. The van der Waals surface area contributed by atoms with Crippen molar-refractivity contribution < 1.29 is 4.74 Å². The predicted molar refractivity (Wildman–Crippen MR) is 177 cm³/mol. The van der Waals surface area contributed by atoms with Crippen LogP contribution < -0.4 is 0 Å². The van der Waals surface area contributed by atoms with Crippen LogP contribution in [0.5, 0.6) is 0 Å². The second kappa shape index (κ2) is 29.5. The topological polar surface area (TPSA) is 12.5 Å². The largest absolute Gasteiger partial charge is 0.370 e. The predicted octanol–water partition coefficient (Wildman–Crippen LogP) is 14.1. The van der Waals surface area contributed by atoms with Crippen molar-refractivity contribution >= 4 is 0 Å². The molecule has 0 aromatic rings. The normalized spacial score (nSPS) is 16.8. The zero-order valence-corrected chi connectivity index (χ0v) is 27.7. The molecule has 39 heavy (non-hydrogen) atoms. The number of rotatable bonds is 34. The highest BCUT2D eigenvalue weighted by atomic mass is 16.6. The Bertz CT molecular complexity index is 454. The molecule has 0 aliphatic carbocycles. The summed E-state index contributed by atoms with van der Waals surface area (Å²) in [5.41, 5.74) is 0.325. The fraction of sp³-hybridized carbons (Fsp3) is 1.00. The lowest BCUT2D eigenvalue weighted by Gasteiger charge is -2.11. The summed E-state index contributed by atoms with van der Waals surface area (Å²) in [5.74, 6) is 0. The molecule has 1 rings (SSSR count). The summed E-state index contributed by atoms with van der Waals surface area (Å²) in [5, 5.41) is 0. The van der Waals surface area contributed by atoms with E-state index >= 15 is 0 Å². The van der Waals surface area contributed by atoms with E-state index in [0.717, 1.165) is 6.61 Å². The molecule has 1 unspecified atom stereocenters. The van der Waals surface area contributed by atoms with Gasteiger partial charge in [0.1, 0.15) is 0 Å². The van der Waals surface area contributed by atoms with Gasteiger partial charge in [0.25, 0.3) is 0 Å². The first-order valence-corrected chi connectivity index (χ1v) is 19.0. The second-order valence-corrected chi connectivity index (χ2v) is 13.6. The Kier molecular flexibility index (Phi) is 27.9. The van der Waals surface area contributed by atoms with Crippen molar-refractivity contribution in [2.45, 2.75) is 238 Å².